The lowest BCUT2D eigenvalue weighted by Crippen LogP contribution is -2.38. The van der Waals surface area contributed by atoms with Crippen LogP contribution in [0.2, 0.25) is 0 Å². The van der Waals surface area contributed by atoms with E-state index >= 15 is 0 Å². The lowest BCUT2D eigenvalue weighted by atomic mass is 10.3. The summed E-state index contributed by atoms with van der Waals surface area (Å²) in [6.07, 6.45) is 0.688. The van der Waals surface area contributed by atoms with Crippen molar-refractivity contribution in [2.75, 3.05) is 38.7 Å². The number of amides is 2. The first-order valence-corrected chi connectivity index (χ1v) is 9.36. The Labute approximate surface area is 148 Å². The maximum atomic E-state index is 12.3. The zero-order valence-corrected chi connectivity index (χ0v) is 15.6. The monoisotopic (exact) mass is 371 g/mol. The van der Waals surface area contributed by atoms with E-state index in [2.05, 4.69) is 10.0 Å². The highest BCUT2D eigenvalue weighted by Gasteiger charge is 2.15. The average molecular weight is 371 g/mol. The Morgan fingerprint density at radius 2 is 1.76 bits per heavy atom. The molecule has 8 nitrogen and oxygen atoms in total. The molecule has 0 aliphatic heterocycles. The minimum absolute atomic E-state index is 0.0929. The van der Waals surface area contributed by atoms with E-state index in [0.29, 0.717) is 25.3 Å². The lowest BCUT2D eigenvalue weighted by Gasteiger charge is -2.21. The molecule has 25 heavy (non-hydrogen) atoms. The van der Waals surface area contributed by atoms with E-state index < -0.39 is 10.0 Å². The number of hydrogen-bond acceptors (Lipinski definition) is 5. The van der Waals surface area contributed by atoms with Gasteiger partial charge in [0.1, 0.15) is 0 Å². The number of nitrogens with one attached hydrogen (secondary N) is 2. The standard InChI is InChI=1S/C16H25N3O5S/c1-13(20)18-15-5-7-16(8-6-15)25(22,23)17-9-11-19(14(2)21)10-4-12-24-3/h5-8,17H,4,9-12H2,1-3H3,(H,18,20). The van der Waals surface area contributed by atoms with Crippen molar-refractivity contribution >= 4 is 27.5 Å². The summed E-state index contributed by atoms with van der Waals surface area (Å²) in [5, 5.41) is 2.57. The molecule has 0 saturated carbocycles. The molecule has 0 bridgehead atoms. The predicted molar refractivity (Wildman–Crippen MR) is 94.7 cm³/mol. The van der Waals surface area contributed by atoms with E-state index in [1.54, 1.807) is 12.0 Å². The third-order valence-electron chi connectivity index (χ3n) is 3.38. The number of methoxy groups -OCH3 is 1. The third kappa shape index (κ3) is 7.63. The van der Waals surface area contributed by atoms with E-state index in [-0.39, 0.29) is 29.8 Å². The minimum Gasteiger partial charge on any atom is -0.385 e. The molecule has 0 saturated heterocycles. The van der Waals surface area contributed by atoms with Crippen molar-refractivity contribution in [3.8, 4) is 0 Å². The van der Waals surface area contributed by atoms with Gasteiger partial charge in [-0.25, -0.2) is 13.1 Å². The van der Waals surface area contributed by atoms with Crippen molar-refractivity contribution in [1.29, 1.82) is 0 Å². The molecule has 1 aromatic rings. The number of nitrogens with zero attached hydrogens (tertiary/aromatic N) is 1. The molecular weight excluding hydrogens is 346 g/mol. The van der Waals surface area contributed by atoms with Gasteiger partial charge in [-0.15, -0.1) is 0 Å². The first-order chi connectivity index (χ1) is 11.8. The summed E-state index contributed by atoms with van der Waals surface area (Å²) in [6.45, 7) is 4.26. The average Bonchev–Trinajstić information content (AvgIpc) is 2.53. The zero-order chi connectivity index (χ0) is 18.9. The van der Waals surface area contributed by atoms with Gasteiger partial charge in [0, 0.05) is 52.9 Å². The van der Waals surface area contributed by atoms with E-state index in [0.717, 1.165) is 0 Å². The highest BCUT2D eigenvalue weighted by molar-refractivity contribution is 7.89. The summed E-state index contributed by atoms with van der Waals surface area (Å²) in [5.41, 5.74) is 0.521. The number of sulfonamides is 1. The molecule has 0 fully saturated rings. The van der Waals surface area contributed by atoms with Crippen LogP contribution in [0.3, 0.4) is 0 Å². The van der Waals surface area contributed by atoms with Gasteiger partial charge in [0.05, 0.1) is 4.90 Å². The second kappa shape index (κ2) is 10.1. The fraction of sp³-hybridized carbons (Fsp3) is 0.500. The molecule has 0 aromatic heterocycles. The molecule has 0 aliphatic rings. The Morgan fingerprint density at radius 1 is 1.12 bits per heavy atom. The second-order valence-corrected chi connectivity index (χ2v) is 7.22. The van der Waals surface area contributed by atoms with Gasteiger partial charge < -0.3 is 15.0 Å². The van der Waals surface area contributed by atoms with Crippen molar-refractivity contribution in [2.45, 2.75) is 25.2 Å². The van der Waals surface area contributed by atoms with Crippen molar-refractivity contribution in [1.82, 2.24) is 9.62 Å². The lowest BCUT2D eigenvalue weighted by molar-refractivity contribution is -0.129. The highest BCUT2D eigenvalue weighted by Crippen LogP contribution is 2.13. The third-order valence-corrected chi connectivity index (χ3v) is 4.86. The Bertz CT molecular complexity index is 674. The number of benzene rings is 1. The topological polar surface area (TPSA) is 105 Å². The van der Waals surface area contributed by atoms with Crippen LogP contribution in [0.4, 0.5) is 5.69 Å². The number of hydrogen-bond donors (Lipinski definition) is 2. The van der Waals surface area contributed by atoms with Gasteiger partial charge in [-0.1, -0.05) is 0 Å². The maximum Gasteiger partial charge on any atom is 0.240 e. The van der Waals surface area contributed by atoms with Crippen LogP contribution in [-0.4, -0.2) is 58.5 Å². The molecule has 0 spiro atoms. The molecule has 1 rings (SSSR count). The number of carbonyl (C=O) groups excluding carboxylic acids is 2. The van der Waals surface area contributed by atoms with E-state index in [4.69, 9.17) is 4.74 Å². The fourth-order valence-electron chi connectivity index (χ4n) is 2.15. The molecule has 0 radical (unpaired) electrons. The van der Waals surface area contributed by atoms with Crippen molar-refractivity contribution in [2.24, 2.45) is 0 Å². The fourth-order valence-corrected chi connectivity index (χ4v) is 3.17. The summed E-state index contributed by atoms with van der Waals surface area (Å²) < 4.78 is 31.9. The van der Waals surface area contributed by atoms with Crippen LogP contribution in [0.25, 0.3) is 0 Å². The SMILES string of the molecule is COCCCN(CCNS(=O)(=O)c1ccc(NC(C)=O)cc1)C(C)=O. The molecule has 2 N–H and O–H groups in total. The van der Waals surface area contributed by atoms with Gasteiger partial charge in [0.15, 0.2) is 0 Å². The Hall–Kier alpha value is -1.97. The van der Waals surface area contributed by atoms with E-state index in [1.807, 2.05) is 0 Å². The van der Waals surface area contributed by atoms with Gasteiger partial charge in [-0.3, -0.25) is 9.59 Å². The maximum absolute atomic E-state index is 12.3. The van der Waals surface area contributed by atoms with Crippen LogP contribution in [0, 0.1) is 0 Å². The van der Waals surface area contributed by atoms with Gasteiger partial charge in [0.2, 0.25) is 21.8 Å². The largest absolute Gasteiger partial charge is 0.385 e. The number of anilines is 1. The van der Waals surface area contributed by atoms with Crippen molar-refractivity contribution in [3.05, 3.63) is 24.3 Å². The first-order valence-electron chi connectivity index (χ1n) is 7.88. The van der Waals surface area contributed by atoms with Gasteiger partial charge in [0.25, 0.3) is 0 Å². The Morgan fingerprint density at radius 3 is 2.28 bits per heavy atom. The molecule has 1 aromatic carbocycles. The normalized spacial score (nSPS) is 11.2. The van der Waals surface area contributed by atoms with Crippen LogP contribution in [0.5, 0.6) is 0 Å². The molecule has 0 atom stereocenters. The Kier molecular flexibility index (Phi) is 8.53. The minimum atomic E-state index is -3.68. The van der Waals surface area contributed by atoms with Crippen molar-refractivity contribution < 1.29 is 22.7 Å². The highest BCUT2D eigenvalue weighted by atomic mass is 32.2. The summed E-state index contributed by atoms with van der Waals surface area (Å²) in [4.78, 5) is 24.2. The van der Waals surface area contributed by atoms with Crippen LogP contribution in [0.1, 0.15) is 20.3 Å². The summed E-state index contributed by atoms with van der Waals surface area (Å²) in [5.74, 6) is -0.346. The summed E-state index contributed by atoms with van der Waals surface area (Å²) >= 11 is 0. The number of ether oxygens (including phenoxy) is 1. The molecule has 140 valence electrons. The molecule has 0 aliphatic carbocycles. The molecule has 2 amide bonds. The van der Waals surface area contributed by atoms with Crippen LogP contribution in [0.15, 0.2) is 29.2 Å². The quantitative estimate of drug-likeness (QED) is 0.592. The van der Waals surface area contributed by atoms with E-state index in [9.17, 15) is 18.0 Å². The predicted octanol–water partition coefficient (Wildman–Crippen LogP) is 0.808. The number of rotatable bonds is 10. The summed E-state index contributed by atoms with van der Waals surface area (Å²) in [7, 11) is -2.09. The molecule has 0 unspecified atom stereocenters. The molecular formula is C16H25N3O5S. The Balaban J connectivity index is 2.59. The van der Waals surface area contributed by atoms with Crippen LogP contribution >= 0.6 is 0 Å². The second-order valence-electron chi connectivity index (χ2n) is 5.46. The van der Waals surface area contributed by atoms with Crippen LogP contribution in [-0.2, 0) is 24.3 Å². The van der Waals surface area contributed by atoms with Crippen LogP contribution < -0.4 is 10.0 Å². The first kappa shape index (κ1) is 21.1. The van der Waals surface area contributed by atoms with E-state index in [1.165, 1.54) is 38.1 Å². The van der Waals surface area contributed by atoms with Gasteiger partial charge in [-0.2, -0.15) is 0 Å². The number of carbonyl (C=O) groups is 2. The summed E-state index contributed by atoms with van der Waals surface area (Å²) in [6, 6.07) is 5.86. The van der Waals surface area contributed by atoms with Gasteiger partial charge >= 0.3 is 0 Å². The van der Waals surface area contributed by atoms with Gasteiger partial charge in [-0.05, 0) is 30.7 Å². The van der Waals surface area contributed by atoms with Crippen molar-refractivity contribution in [3.63, 3.8) is 0 Å². The zero-order valence-electron chi connectivity index (χ0n) is 14.7. The molecule has 9 heteroatoms. The molecule has 0 heterocycles. The smallest absolute Gasteiger partial charge is 0.240 e.